The summed E-state index contributed by atoms with van der Waals surface area (Å²) in [5, 5.41) is 5.46. The van der Waals surface area contributed by atoms with Crippen LogP contribution in [-0.2, 0) is 11.2 Å². The van der Waals surface area contributed by atoms with Crippen molar-refractivity contribution in [3.8, 4) is 0 Å². The number of hydrogen-bond donors (Lipinski definition) is 1. The van der Waals surface area contributed by atoms with Gasteiger partial charge in [0.25, 0.3) is 0 Å². The lowest BCUT2D eigenvalue weighted by molar-refractivity contribution is -0.115. The number of rotatable bonds is 3. The maximum absolute atomic E-state index is 12.1. The standard InChI is InChI=1S/C15H12N4OS2/c1-9-2-3-11-12(6-9)22-14(17-11)18-13(20)7-10-8-19-4-5-21-15(19)16-10/h2-6,8H,7H2,1H3,(H,17,18,20). The van der Waals surface area contributed by atoms with Gasteiger partial charge in [0, 0.05) is 17.8 Å². The number of carbonyl (C=O) groups is 1. The van der Waals surface area contributed by atoms with Crippen LogP contribution in [-0.4, -0.2) is 20.3 Å². The normalized spacial score (nSPS) is 11.3. The number of aromatic nitrogens is 3. The molecule has 0 radical (unpaired) electrons. The van der Waals surface area contributed by atoms with E-state index >= 15 is 0 Å². The van der Waals surface area contributed by atoms with Crippen LogP contribution in [0, 0.1) is 6.92 Å². The number of carbonyl (C=O) groups excluding carboxylic acids is 1. The smallest absolute Gasteiger partial charge is 0.232 e. The van der Waals surface area contributed by atoms with E-state index in [4.69, 9.17) is 0 Å². The van der Waals surface area contributed by atoms with Gasteiger partial charge in [-0.3, -0.25) is 9.20 Å². The van der Waals surface area contributed by atoms with Crippen LogP contribution in [0.4, 0.5) is 5.13 Å². The largest absolute Gasteiger partial charge is 0.302 e. The molecule has 1 amide bonds. The fraction of sp³-hybridized carbons (Fsp3) is 0.133. The Hall–Kier alpha value is -2.25. The summed E-state index contributed by atoms with van der Waals surface area (Å²) in [6, 6.07) is 6.07. The molecule has 0 fully saturated rings. The topological polar surface area (TPSA) is 59.3 Å². The van der Waals surface area contributed by atoms with Gasteiger partial charge < -0.3 is 5.32 Å². The van der Waals surface area contributed by atoms with Crippen molar-refractivity contribution in [2.75, 3.05) is 5.32 Å². The van der Waals surface area contributed by atoms with Crippen molar-refractivity contribution in [2.45, 2.75) is 13.3 Å². The highest BCUT2D eigenvalue weighted by atomic mass is 32.1. The maximum atomic E-state index is 12.1. The van der Waals surface area contributed by atoms with Crippen LogP contribution in [0.2, 0.25) is 0 Å². The van der Waals surface area contributed by atoms with Crippen LogP contribution < -0.4 is 5.32 Å². The molecule has 110 valence electrons. The predicted molar refractivity (Wildman–Crippen MR) is 89.8 cm³/mol. The number of amides is 1. The molecule has 0 aliphatic carbocycles. The summed E-state index contributed by atoms with van der Waals surface area (Å²) >= 11 is 3.04. The van der Waals surface area contributed by atoms with Crippen molar-refractivity contribution in [2.24, 2.45) is 0 Å². The minimum absolute atomic E-state index is 0.0958. The van der Waals surface area contributed by atoms with Gasteiger partial charge in [-0.05, 0) is 24.6 Å². The average molecular weight is 328 g/mol. The van der Waals surface area contributed by atoms with Crippen LogP contribution in [0.25, 0.3) is 15.2 Å². The SMILES string of the molecule is Cc1ccc2nc(NC(=O)Cc3cn4ccsc4n3)sc2c1. The van der Waals surface area contributed by atoms with E-state index in [1.807, 2.05) is 41.2 Å². The molecule has 0 unspecified atom stereocenters. The fourth-order valence-corrected chi connectivity index (χ4v) is 3.97. The van der Waals surface area contributed by atoms with Crippen molar-refractivity contribution in [3.63, 3.8) is 0 Å². The monoisotopic (exact) mass is 328 g/mol. The molecule has 1 N–H and O–H groups in total. The first-order chi connectivity index (χ1) is 10.7. The van der Waals surface area contributed by atoms with Crippen molar-refractivity contribution in [3.05, 3.63) is 47.2 Å². The minimum atomic E-state index is -0.0958. The van der Waals surface area contributed by atoms with Crippen molar-refractivity contribution < 1.29 is 4.79 Å². The summed E-state index contributed by atoms with van der Waals surface area (Å²) in [5.41, 5.74) is 2.86. The molecule has 5 nitrogen and oxygen atoms in total. The lowest BCUT2D eigenvalue weighted by atomic mass is 10.2. The van der Waals surface area contributed by atoms with Gasteiger partial charge in [-0.1, -0.05) is 17.4 Å². The number of nitrogens with one attached hydrogen (secondary N) is 1. The Kier molecular flexibility index (Phi) is 3.16. The van der Waals surface area contributed by atoms with Crippen molar-refractivity contribution >= 4 is 48.9 Å². The zero-order valence-electron chi connectivity index (χ0n) is 11.7. The summed E-state index contributed by atoms with van der Waals surface area (Å²) in [6.07, 6.45) is 4.07. The molecule has 0 aliphatic rings. The second-order valence-corrected chi connectivity index (χ2v) is 6.94. The number of benzene rings is 1. The van der Waals surface area contributed by atoms with Gasteiger partial charge in [0.05, 0.1) is 22.3 Å². The van der Waals surface area contributed by atoms with E-state index in [2.05, 4.69) is 21.4 Å². The number of aryl methyl sites for hydroxylation is 1. The first-order valence-electron chi connectivity index (χ1n) is 6.75. The maximum Gasteiger partial charge on any atom is 0.232 e. The molecule has 1 aromatic carbocycles. The quantitative estimate of drug-likeness (QED) is 0.626. The van der Waals surface area contributed by atoms with E-state index in [-0.39, 0.29) is 12.3 Å². The van der Waals surface area contributed by atoms with Crippen LogP contribution in [0.1, 0.15) is 11.3 Å². The Morgan fingerprint density at radius 2 is 2.27 bits per heavy atom. The molecule has 3 heterocycles. The van der Waals surface area contributed by atoms with Gasteiger partial charge in [0.2, 0.25) is 5.91 Å². The second-order valence-electron chi connectivity index (χ2n) is 5.04. The third-order valence-electron chi connectivity index (χ3n) is 3.28. The Bertz CT molecular complexity index is 953. The Morgan fingerprint density at radius 3 is 3.14 bits per heavy atom. The molecule has 3 aromatic heterocycles. The van der Waals surface area contributed by atoms with Crippen LogP contribution in [0.5, 0.6) is 0 Å². The van der Waals surface area contributed by atoms with Gasteiger partial charge in [-0.15, -0.1) is 11.3 Å². The van der Waals surface area contributed by atoms with Crippen LogP contribution in [0.3, 0.4) is 0 Å². The van der Waals surface area contributed by atoms with Gasteiger partial charge in [0.15, 0.2) is 10.1 Å². The van der Waals surface area contributed by atoms with Gasteiger partial charge in [-0.25, -0.2) is 9.97 Å². The lowest BCUT2D eigenvalue weighted by Gasteiger charge is -1.98. The Morgan fingerprint density at radius 1 is 1.36 bits per heavy atom. The van der Waals surface area contributed by atoms with Crippen LogP contribution >= 0.6 is 22.7 Å². The molecule has 22 heavy (non-hydrogen) atoms. The van der Waals surface area contributed by atoms with Gasteiger partial charge in [-0.2, -0.15) is 0 Å². The average Bonchev–Trinajstić information content (AvgIpc) is 3.11. The number of thiazole rings is 2. The number of imidazole rings is 1. The fourth-order valence-electron chi connectivity index (χ4n) is 2.27. The van der Waals surface area contributed by atoms with Crippen molar-refractivity contribution in [1.82, 2.24) is 14.4 Å². The van der Waals surface area contributed by atoms with E-state index in [1.165, 1.54) is 16.9 Å². The van der Waals surface area contributed by atoms with E-state index in [1.54, 1.807) is 11.3 Å². The van der Waals surface area contributed by atoms with E-state index < -0.39 is 0 Å². The predicted octanol–water partition coefficient (Wildman–Crippen LogP) is 3.50. The summed E-state index contributed by atoms with van der Waals surface area (Å²) in [6.45, 7) is 2.04. The highest BCUT2D eigenvalue weighted by molar-refractivity contribution is 7.22. The lowest BCUT2D eigenvalue weighted by Crippen LogP contribution is -2.14. The Balaban J connectivity index is 1.51. The highest BCUT2D eigenvalue weighted by Gasteiger charge is 2.11. The molecule has 0 aliphatic heterocycles. The molecule has 0 saturated heterocycles. The van der Waals surface area contributed by atoms with Gasteiger partial charge in [0.1, 0.15) is 0 Å². The highest BCUT2D eigenvalue weighted by Crippen LogP contribution is 2.26. The number of fused-ring (bicyclic) bond motifs is 2. The van der Waals surface area contributed by atoms with E-state index in [9.17, 15) is 4.79 Å². The molecular weight excluding hydrogens is 316 g/mol. The molecular formula is C15H12N4OS2. The number of anilines is 1. The summed E-state index contributed by atoms with van der Waals surface area (Å²) in [5.74, 6) is -0.0958. The zero-order chi connectivity index (χ0) is 15.1. The number of hydrogen-bond acceptors (Lipinski definition) is 5. The first-order valence-corrected chi connectivity index (χ1v) is 8.45. The minimum Gasteiger partial charge on any atom is -0.302 e. The Labute approximate surface area is 134 Å². The number of nitrogens with zero attached hydrogens (tertiary/aromatic N) is 3. The third-order valence-corrected chi connectivity index (χ3v) is 4.98. The molecule has 0 atom stereocenters. The molecule has 4 rings (SSSR count). The van der Waals surface area contributed by atoms with E-state index in [0.29, 0.717) is 5.13 Å². The zero-order valence-corrected chi connectivity index (χ0v) is 13.4. The molecule has 0 saturated carbocycles. The third kappa shape index (κ3) is 2.49. The van der Waals surface area contributed by atoms with Crippen LogP contribution in [0.15, 0.2) is 36.0 Å². The summed E-state index contributed by atoms with van der Waals surface area (Å²) in [7, 11) is 0. The van der Waals surface area contributed by atoms with Gasteiger partial charge >= 0.3 is 0 Å². The second kappa shape index (κ2) is 5.19. The first kappa shape index (κ1) is 13.4. The summed E-state index contributed by atoms with van der Waals surface area (Å²) in [4.78, 5) is 21.9. The summed E-state index contributed by atoms with van der Waals surface area (Å²) < 4.78 is 3.01. The molecule has 0 bridgehead atoms. The van der Waals surface area contributed by atoms with E-state index in [0.717, 1.165) is 20.9 Å². The molecule has 7 heteroatoms. The molecule has 4 aromatic rings. The van der Waals surface area contributed by atoms with Crippen molar-refractivity contribution in [1.29, 1.82) is 0 Å². The molecule has 0 spiro atoms.